The Labute approximate surface area is 109 Å². The van der Waals surface area contributed by atoms with Crippen LogP contribution in [0.4, 0.5) is 0 Å². The van der Waals surface area contributed by atoms with Crippen LogP contribution in [-0.4, -0.2) is 46.5 Å². The number of hydrogen-bond acceptors (Lipinski definition) is 5. The molecule has 2 N–H and O–H groups in total. The molecule has 4 atom stereocenters. The van der Waals surface area contributed by atoms with Gasteiger partial charge >= 0.3 is 0 Å². The van der Waals surface area contributed by atoms with Crippen molar-refractivity contribution in [3.63, 3.8) is 0 Å². The molecule has 2 fully saturated rings. The number of pyridine rings is 1. The molecule has 19 heavy (non-hydrogen) atoms. The Morgan fingerprint density at radius 1 is 1.32 bits per heavy atom. The van der Waals surface area contributed by atoms with E-state index in [4.69, 9.17) is 10.5 Å². The highest BCUT2D eigenvalue weighted by molar-refractivity contribution is 6.21. The molecule has 0 aromatic carbocycles. The summed E-state index contributed by atoms with van der Waals surface area (Å²) in [4.78, 5) is 29.8. The lowest BCUT2D eigenvalue weighted by Gasteiger charge is -2.48. The molecular formula is C13H13N3O3. The van der Waals surface area contributed by atoms with E-state index >= 15 is 0 Å². The van der Waals surface area contributed by atoms with E-state index in [1.54, 1.807) is 6.07 Å². The van der Waals surface area contributed by atoms with Gasteiger partial charge in [0.1, 0.15) is 0 Å². The smallest absolute Gasteiger partial charge is 0.263 e. The molecule has 3 aliphatic rings. The number of nitrogens with zero attached hydrogens (tertiary/aromatic N) is 2. The second-order valence-corrected chi connectivity index (χ2v) is 5.26. The van der Waals surface area contributed by atoms with Gasteiger partial charge in [-0.2, -0.15) is 0 Å². The SMILES string of the molecule is NC1C2CCOC2C1N1C(=O)c2ccncc2C1=O. The van der Waals surface area contributed by atoms with Gasteiger partial charge in [-0.05, 0) is 12.5 Å². The van der Waals surface area contributed by atoms with Crippen molar-refractivity contribution in [2.45, 2.75) is 24.6 Å². The van der Waals surface area contributed by atoms with Gasteiger partial charge in [0.2, 0.25) is 0 Å². The van der Waals surface area contributed by atoms with Crippen molar-refractivity contribution in [1.29, 1.82) is 0 Å². The lowest BCUT2D eigenvalue weighted by molar-refractivity contribution is -0.0532. The van der Waals surface area contributed by atoms with Gasteiger partial charge in [-0.25, -0.2) is 0 Å². The molecule has 1 aromatic rings. The van der Waals surface area contributed by atoms with Crippen LogP contribution < -0.4 is 5.73 Å². The molecule has 0 radical (unpaired) electrons. The molecule has 3 heterocycles. The highest BCUT2D eigenvalue weighted by Crippen LogP contribution is 2.42. The van der Waals surface area contributed by atoms with Crippen LogP contribution in [0, 0.1) is 5.92 Å². The lowest BCUT2D eigenvalue weighted by atomic mass is 9.71. The number of rotatable bonds is 1. The zero-order valence-corrected chi connectivity index (χ0v) is 10.2. The summed E-state index contributed by atoms with van der Waals surface area (Å²) in [7, 11) is 0. The Bertz CT molecular complexity index is 553. The fourth-order valence-corrected chi connectivity index (χ4v) is 3.41. The summed E-state index contributed by atoms with van der Waals surface area (Å²) in [5.41, 5.74) is 6.88. The van der Waals surface area contributed by atoms with Crippen LogP contribution in [0.15, 0.2) is 18.5 Å². The van der Waals surface area contributed by atoms with Crippen molar-refractivity contribution in [3.8, 4) is 0 Å². The number of carbonyl (C=O) groups excluding carboxylic acids is 2. The zero-order valence-electron chi connectivity index (χ0n) is 10.2. The monoisotopic (exact) mass is 259 g/mol. The topological polar surface area (TPSA) is 85.5 Å². The maximum absolute atomic E-state index is 12.3. The minimum atomic E-state index is -0.333. The van der Waals surface area contributed by atoms with Gasteiger partial charge in [0.15, 0.2) is 0 Å². The summed E-state index contributed by atoms with van der Waals surface area (Å²) < 4.78 is 5.60. The molecule has 6 heteroatoms. The Kier molecular flexibility index (Phi) is 2.11. The third-order valence-electron chi connectivity index (χ3n) is 4.43. The molecule has 1 aliphatic carbocycles. The Balaban J connectivity index is 1.71. The molecule has 0 spiro atoms. The highest BCUT2D eigenvalue weighted by Gasteiger charge is 2.58. The normalized spacial score (nSPS) is 36.2. The van der Waals surface area contributed by atoms with E-state index in [9.17, 15) is 9.59 Å². The van der Waals surface area contributed by atoms with E-state index in [0.717, 1.165) is 6.42 Å². The molecule has 4 rings (SSSR count). The molecule has 1 aromatic heterocycles. The van der Waals surface area contributed by atoms with Gasteiger partial charge < -0.3 is 10.5 Å². The van der Waals surface area contributed by atoms with Gasteiger partial charge in [0.25, 0.3) is 11.8 Å². The zero-order chi connectivity index (χ0) is 13.1. The van der Waals surface area contributed by atoms with Crippen molar-refractivity contribution in [2.24, 2.45) is 11.7 Å². The summed E-state index contributed by atoms with van der Waals surface area (Å²) >= 11 is 0. The Hall–Kier alpha value is -1.79. The average Bonchev–Trinajstić information content (AvgIpc) is 2.96. The van der Waals surface area contributed by atoms with Gasteiger partial charge in [-0.3, -0.25) is 19.5 Å². The first-order valence-corrected chi connectivity index (χ1v) is 6.39. The minimum absolute atomic E-state index is 0.0924. The molecule has 4 unspecified atom stereocenters. The van der Waals surface area contributed by atoms with Crippen LogP contribution in [-0.2, 0) is 4.74 Å². The van der Waals surface area contributed by atoms with E-state index in [2.05, 4.69) is 4.98 Å². The number of amides is 2. The first kappa shape index (κ1) is 11.1. The number of carbonyl (C=O) groups is 2. The van der Waals surface area contributed by atoms with Crippen LogP contribution in [0.5, 0.6) is 0 Å². The fraction of sp³-hybridized carbons (Fsp3) is 0.462. The van der Waals surface area contributed by atoms with Crippen molar-refractivity contribution in [2.75, 3.05) is 6.61 Å². The summed E-state index contributed by atoms with van der Waals surface area (Å²) in [5, 5.41) is 0. The Morgan fingerprint density at radius 2 is 2.11 bits per heavy atom. The molecule has 1 saturated carbocycles. The van der Waals surface area contributed by atoms with Crippen molar-refractivity contribution >= 4 is 11.8 Å². The van der Waals surface area contributed by atoms with Crippen LogP contribution in [0.25, 0.3) is 0 Å². The summed E-state index contributed by atoms with van der Waals surface area (Å²) in [6, 6.07) is 1.06. The van der Waals surface area contributed by atoms with Crippen molar-refractivity contribution < 1.29 is 14.3 Å². The van der Waals surface area contributed by atoms with Gasteiger partial charge in [0, 0.05) is 31.0 Å². The van der Waals surface area contributed by atoms with E-state index in [1.807, 2.05) is 0 Å². The number of nitrogens with two attached hydrogens (primary N) is 1. The van der Waals surface area contributed by atoms with Crippen LogP contribution in [0.1, 0.15) is 27.1 Å². The predicted molar refractivity (Wildman–Crippen MR) is 64.3 cm³/mol. The minimum Gasteiger partial charge on any atom is -0.376 e. The quantitative estimate of drug-likeness (QED) is 0.705. The fourth-order valence-electron chi connectivity index (χ4n) is 3.41. The van der Waals surface area contributed by atoms with E-state index in [0.29, 0.717) is 17.7 Å². The van der Waals surface area contributed by atoms with E-state index < -0.39 is 0 Å². The maximum atomic E-state index is 12.3. The van der Waals surface area contributed by atoms with Crippen LogP contribution in [0.3, 0.4) is 0 Å². The largest absolute Gasteiger partial charge is 0.376 e. The standard InChI is InChI=1S/C13H13N3O3/c14-9-7-2-4-19-11(7)10(9)16-12(17)6-1-3-15-5-8(6)13(16)18/h1,3,5,7,9-11H,2,4,14H2. The molecule has 6 nitrogen and oxygen atoms in total. The third kappa shape index (κ3) is 1.25. The number of ether oxygens (including phenoxy) is 1. The second-order valence-electron chi connectivity index (χ2n) is 5.26. The first-order chi connectivity index (χ1) is 9.20. The lowest BCUT2D eigenvalue weighted by Crippen LogP contribution is -2.69. The third-order valence-corrected chi connectivity index (χ3v) is 4.43. The van der Waals surface area contributed by atoms with Crippen LogP contribution >= 0.6 is 0 Å². The van der Waals surface area contributed by atoms with Crippen molar-refractivity contribution in [1.82, 2.24) is 9.88 Å². The second kappa shape index (κ2) is 3.61. The van der Waals surface area contributed by atoms with Crippen molar-refractivity contribution in [3.05, 3.63) is 29.6 Å². The maximum Gasteiger partial charge on any atom is 0.263 e. The number of fused-ring (bicyclic) bond motifs is 2. The molecule has 2 aliphatic heterocycles. The summed E-state index contributed by atoms with van der Waals surface area (Å²) in [5.74, 6) is -0.313. The highest BCUT2D eigenvalue weighted by atomic mass is 16.5. The molecule has 98 valence electrons. The molecule has 2 amide bonds. The van der Waals surface area contributed by atoms with E-state index in [-0.39, 0.29) is 35.9 Å². The number of hydrogen-bond donors (Lipinski definition) is 1. The number of imide groups is 1. The summed E-state index contributed by atoms with van der Waals surface area (Å²) in [6.45, 7) is 0.657. The van der Waals surface area contributed by atoms with Crippen LogP contribution in [0.2, 0.25) is 0 Å². The van der Waals surface area contributed by atoms with Gasteiger partial charge in [0.05, 0.1) is 23.3 Å². The van der Waals surface area contributed by atoms with Gasteiger partial charge in [-0.1, -0.05) is 0 Å². The number of aromatic nitrogens is 1. The predicted octanol–water partition coefficient (Wildman–Crippen LogP) is -0.208. The first-order valence-electron chi connectivity index (χ1n) is 6.39. The molecule has 1 saturated heterocycles. The molecule has 0 bridgehead atoms. The molecular weight excluding hydrogens is 246 g/mol. The summed E-state index contributed by atoms with van der Waals surface area (Å²) in [6.07, 6.45) is 3.77. The Morgan fingerprint density at radius 3 is 2.89 bits per heavy atom. The average molecular weight is 259 g/mol. The van der Waals surface area contributed by atoms with E-state index in [1.165, 1.54) is 17.3 Å². The van der Waals surface area contributed by atoms with Gasteiger partial charge in [-0.15, -0.1) is 0 Å².